The van der Waals surface area contributed by atoms with Gasteiger partial charge in [-0.2, -0.15) is 0 Å². The number of ether oxygens (including phenoxy) is 1. The Kier molecular flexibility index (Phi) is 7.26. The van der Waals surface area contributed by atoms with Gasteiger partial charge >= 0.3 is 0 Å². The van der Waals surface area contributed by atoms with Crippen molar-refractivity contribution in [2.45, 2.75) is 20.0 Å². The molecule has 0 fully saturated rings. The minimum atomic E-state index is 0.228. The minimum Gasteiger partial charge on any atom is -0.387 e. The average molecular weight is 296 g/mol. The number of hydrogen-bond donors (Lipinski definition) is 2. The molecule has 0 aromatic rings. The van der Waals surface area contributed by atoms with Crippen LogP contribution in [0.3, 0.4) is 0 Å². The highest BCUT2D eigenvalue weighted by Gasteiger charge is 2.10. The quantitative estimate of drug-likeness (QED) is 0.583. The van der Waals surface area contributed by atoms with Crippen molar-refractivity contribution in [3.8, 4) is 0 Å². The molecule has 0 saturated heterocycles. The smallest absolute Gasteiger partial charge is 0.0766 e. The van der Waals surface area contributed by atoms with Gasteiger partial charge in [-0.05, 0) is 28.5 Å². The molecule has 0 saturated carbocycles. The second-order valence-corrected chi connectivity index (χ2v) is 4.35. The van der Waals surface area contributed by atoms with Gasteiger partial charge in [-0.3, -0.25) is 0 Å². The zero-order valence-corrected chi connectivity index (χ0v) is 10.5. The predicted molar refractivity (Wildman–Crippen MR) is 64.5 cm³/mol. The van der Waals surface area contributed by atoms with Gasteiger partial charge in [0.25, 0.3) is 0 Å². The second-order valence-electron chi connectivity index (χ2n) is 3.10. The summed E-state index contributed by atoms with van der Waals surface area (Å²) in [5.41, 5.74) is 0. The molecule has 0 radical (unpaired) electrons. The average Bonchev–Trinajstić information content (AvgIpc) is 2.11. The van der Waals surface area contributed by atoms with Gasteiger partial charge in [-0.15, -0.1) is 0 Å². The van der Waals surface area contributed by atoms with Gasteiger partial charge in [0, 0.05) is 29.6 Å². The maximum Gasteiger partial charge on any atom is 0.0766 e. The van der Waals surface area contributed by atoms with Crippen LogP contribution in [0.15, 0.2) is 9.78 Å². The fraction of sp³-hybridized carbons (Fsp3) is 0.667. The Labute approximate surface area is 93.6 Å². The zero-order valence-electron chi connectivity index (χ0n) is 8.30. The lowest BCUT2D eigenvalue weighted by atomic mass is 10.1. The molecule has 13 heavy (non-hydrogen) atoms. The molecule has 0 aliphatic heterocycles. The van der Waals surface area contributed by atoms with Crippen LogP contribution in [0.2, 0.25) is 0 Å². The summed E-state index contributed by atoms with van der Waals surface area (Å²) in [6.07, 6.45) is 3.36. The number of methoxy groups -OCH3 is 1. The first-order valence-electron chi connectivity index (χ1n) is 4.24. The van der Waals surface area contributed by atoms with Crippen molar-refractivity contribution in [3.05, 3.63) is 9.78 Å². The van der Waals surface area contributed by atoms with E-state index in [-0.39, 0.29) is 6.10 Å². The van der Waals surface area contributed by atoms with Gasteiger partial charge in [0.2, 0.25) is 0 Å². The van der Waals surface area contributed by atoms with E-state index in [1.807, 2.05) is 6.20 Å². The molecule has 4 heteroatoms. The van der Waals surface area contributed by atoms with Crippen molar-refractivity contribution in [3.63, 3.8) is 0 Å². The van der Waals surface area contributed by atoms with Crippen LogP contribution < -0.4 is 5.32 Å². The maximum absolute atomic E-state index is 6.95. The lowest BCUT2D eigenvalue weighted by molar-refractivity contribution is 0.0675. The van der Waals surface area contributed by atoms with Crippen LogP contribution in [0.5, 0.6) is 0 Å². The first-order valence-corrected chi connectivity index (χ1v) is 5.32. The molecule has 1 unspecified atom stereocenters. The Morgan fingerprint density at radius 1 is 1.62 bits per heavy atom. The van der Waals surface area contributed by atoms with Gasteiger partial charge < -0.3 is 15.5 Å². The molecule has 0 aliphatic carbocycles. The second kappa shape index (κ2) is 7.32. The third-order valence-electron chi connectivity index (χ3n) is 1.74. The summed E-state index contributed by atoms with van der Waals surface area (Å²) in [6.45, 7) is 5.04. The van der Waals surface area contributed by atoms with Crippen LogP contribution in [-0.4, -0.2) is 26.0 Å². The van der Waals surface area contributed by atoms with E-state index in [0.717, 1.165) is 10.1 Å². The number of rotatable bonds is 6. The van der Waals surface area contributed by atoms with E-state index in [2.05, 4.69) is 41.8 Å². The zero-order chi connectivity index (χ0) is 10.3. The van der Waals surface area contributed by atoms with Crippen molar-refractivity contribution in [1.82, 2.24) is 5.32 Å². The Hall–Kier alpha value is -0.100. The van der Waals surface area contributed by atoms with Crippen LogP contribution in [0, 0.1) is 11.3 Å². The lowest BCUT2D eigenvalue weighted by Crippen LogP contribution is -2.29. The maximum atomic E-state index is 6.95. The van der Waals surface area contributed by atoms with Crippen LogP contribution in [0.4, 0.5) is 0 Å². The molecule has 0 rings (SSSR count). The van der Waals surface area contributed by atoms with Crippen LogP contribution >= 0.6 is 22.6 Å². The fourth-order valence-corrected chi connectivity index (χ4v) is 1.13. The lowest BCUT2D eigenvalue weighted by Gasteiger charge is -2.18. The van der Waals surface area contributed by atoms with E-state index in [0.29, 0.717) is 5.92 Å². The number of allylic oxidation sites excluding steroid dienone is 1. The molecular formula is C9H17IN2O. The van der Waals surface area contributed by atoms with E-state index in [1.165, 1.54) is 6.21 Å². The van der Waals surface area contributed by atoms with Gasteiger partial charge in [-0.1, -0.05) is 13.8 Å². The summed E-state index contributed by atoms with van der Waals surface area (Å²) in [5.74, 6) is 0.503. The highest BCUT2D eigenvalue weighted by molar-refractivity contribution is 14.1. The van der Waals surface area contributed by atoms with Gasteiger partial charge in [0.15, 0.2) is 0 Å². The summed E-state index contributed by atoms with van der Waals surface area (Å²) in [7, 11) is 1.72. The molecule has 0 spiro atoms. The van der Waals surface area contributed by atoms with E-state index >= 15 is 0 Å². The molecule has 0 aromatic heterocycles. The minimum absolute atomic E-state index is 0.228. The summed E-state index contributed by atoms with van der Waals surface area (Å²) in [4.78, 5) is 0. The number of nitrogens with one attached hydrogen (secondary N) is 2. The van der Waals surface area contributed by atoms with Gasteiger partial charge in [-0.25, -0.2) is 0 Å². The SMILES string of the molecule is COC(CN/C=C(/I)C=N)C(C)C. The van der Waals surface area contributed by atoms with E-state index in [1.54, 1.807) is 7.11 Å². The van der Waals surface area contributed by atoms with Crippen molar-refractivity contribution in [2.75, 3.05) is 13.7 Å². The summed E-state index contributed by atoms with van der Waals surface area (Å²) in [5, 5.41) is 10.1. The Morgan fingerprint density at radius 2 is 2.23 bits per heavy atom. The molecule has 76 valence electrons. The van der Waals surface area contributed by atoms with Crippen molar-refractivity contribution >= 4 is 28.8 Å². The monoisotopic (exact) mass is 296 g/mol. The van der Waals surface area contributed by atoms with Gasteiger partial charge in [0.05, 0.1) is 6.10 Å². The summed E-state index contributed by atoms with van der Waals surface area (Å²) >= 11 is 2.10. The Morgan fingerprint density at radius 3 is 2.62 bits per heavy atom. The first kappa shape index (κ1) is 12.9. The van der Waals surface area contributed by atoms with Crippen molar-refractivity contribution < 1.29 is 4.74 Å². The molecule has 1 atom stereocenters. The number of halogens is 1. The molecule has 0 bridgehead atoms. The molecule has 3 nitrogen and oxygen atoms in total. The summed E-state index contributed by atoms with van der Waals surface area (Å²) < 4.78 is 6.16. The summed E-state index contributed by atoms with van der Waals surface area (Å²) in [6, 6.07) is 0. The first-order chi connectivity index (χ1) is 6.11. The fourth-order valence-electron chi connectivity index (χ4n) is 0.905. The number of hydrogen-bond acceptors (Lipinski definition) is 3. The molecule has 2 N–H and O–H groups in total. The molecule has 0 heterocycles. The third-order valence-corrected chi connectivity index (χ3v) is 2.37. The molecular weight excluding hydrogens is 279 g/mol. The molecule has 0 aliphatic rings. The Bertz CT molecular complexity index is 180. The molecule has 0 amide bonds. The Balaban J connectivity index is 3.79. The van der Waals surface area contributed by atoms with E-state index < -0.39 is 0 Å². The standard InChI is InChI=1S/C9H17IN2O/c1-7(2)9(13-3)6-12-5-8(10)4-11/h4-5,7,9,11-12H,6H2,1-3H3/b8-5+,11-4?. The van der Waals surface area contributed by atoms with Crippen molar-refractivity contribution in [1.29, 1.82) is 5.41 Å². The normalized spacial score (nSPS) is 14.4. The van der Waals surface area contributed by atoms with Crippen LogP contribution in [0.1, 0.15) is 13.8 Å². The predicted octanol–water partition coefficient (Wildman–Crippen LogP) is 2.17. The van der Waals surface area contributed by atoms with Crippen LogP contribution in [0.25, 0.3) is 0 Å². The molecule has 0 aromatic carbocycles. The third kappa shape index (κ3) is 6.04. The van der Waals surface area contributed by atoms with E-state index in [4.69, 9.17) is 10.1 Å². The van der Waals surface area contributed by atoms with E-state index in [9.17, 15) is 0 Å². The van der Waals surface area contributed by atoms with Crippen molar-refractivity contribution in [2.24, 2.45) is 5.92 Å². The topological polar surface area (TPSA) is 45.1 Å². The largest absolute Gasteiger partial charge is 0.387 e. The highest BCUT2D eigenvalue weighted by atomic mass is 127. The van der Waals surface area contributed by atoms with Gasteiger partial charge in [0.1, 0.15) is 0 Å². The highest BCUT2D eigenvalue weighted by Crippen LogP contribution is 2.04. The van der Waals surface area contributed by atoms with Crippen LogP contribution in [-0.2, 0) is 4.74 Å².